The molecular formula is C26H54O3Si. The van der Waals surface area contributed by atoms with E-state index in [2.05, 4.69) is 83.1 Å². The lowest BCUT2D eigenvalue weighted by molar-refractivity contribution is -0.0693. The van der Waals surface area contributed by atoms with Gasteiger partial charge in [-0.15, -0.1) is 0 Å². The van der Waals surface area contributed by atoms with Gasteiger partial charge in [-0.25, -0.2) is 0 Å². The standard InChI is InChI=1S/C26H54O3Si/c1-19(2)13-25(14-20(3)4,15-21(5)6)28-30(27)29-26(16-22(7)8,17-23(9)10)18-24(11)12/h19-24H,13-18H2,1-12H3. The molecule has 3 nitrogen and oxygen atoms in total. The maximum atomic E-state index is 13.5. The van der Waals surface area contributed by atoms with Crippen LogP contribution in [0.15, 0.2) is 0 Å². The SMILES string of the molecule is CC(C)CC(CC(C)C)(CC(C)C)O[Si](=O)OC(CC(C)C)(CC(C)C)CC(C)C. The van der Waals surface area contributed by atoms with Gasteiger partial charge >= 0.3 is 9.17 Å². The second kappa shape index (κ2) is 13.2. The molecule has 0 aliphatic carbocycles. The summed E-state index contributed by atoms with van der Waals surface area (Å²) in [4.78, 5) is 0. The summed E-state index contributed by atoms with van der Waals surface area (Å²) in [6, 6.07) is 0. The van der Waals surface area contributed by atoms with Crippen molar-refractivity contribution in [2.45, 2.75) is 133 Å². The zero-order valence-corrected chi connectivity index (χ0v) is 23.4. The maximum absolute atomic E-state index is 13.5. The zero-order valence-electron chi connectivity index (χ0n) is 22.4. The molecule has 0 saturated carbocycles. The van der Waals surface area contributed by atoms with Gasteiger partial charge in [-0.3, -0.25) is 4.46 Å². The molecule has 0 rings (SSSR count). The molecule has 0 aliphatic heterocycles. The fourth-order valence-electron chi connectivity index (χ4n) is 5.59. The molecule has 0 saturated heterocycles. The number of hydrogen-bond acceptors (Lipinski definition) is 3. The van der Waals surface area contributed by atoms with Crippen molar-refractivity contribution in [2.75, 3.05) is 0 Å². The molecule has 0 aromatic rings. The van der Waals surface area contributed by atoms with E-state index in [9.17, 15) is 4.46 Å². The van der Waals surface area contributed by atoms with Crippen LogP contribution in [-0.2, 0) is 13.3 Å². The van der Waals surface area contributed by atoms with Crippen molar-refractivity contribution < 1.29 is 13.3 Å². The van der Waals surface area contributed by atoms with Crippen molar-refractivity contribution in [3.63, 3.8) is 0 Å². The minimum absolute atomic E-state index is 0.369. The quantitative estimate of drug-likeness (QED) is 0.226. The summed E-state index contributed by atoms with van der Waals surface area (Å²) in [5, 5.41) is 0. The van der Waals surface area contributed by atoms with Gasteiger partial charge in [0.1, 0.15) is 0 Å². The lowest BCUT2D eigenvalue weighted by Gasteiger charge is -2.42. The van der Waals surface area contributed by atoms with Crippen molar-refractivity contribution >= 4 is 9.17 Å². The van der Waals surface area contributed by atoms with E-state index in [4.69, 9.17) is 8.85 Å². The monoisotopic (exact) mass is 442 g/mol. The summed E-state index contributed by atoms with van der Waals surface area (Å²) in [7, 11) is -2.62. The van der Waals surface area contributed by atoms with E-state index in [1.807, 2.05) is 0 Å². The lowest BCUT2D eigenvalue weighted by atomic mass is 9.79. The van der Waals surface area contributed by atoms with Gasteiger partial charge in [0.05, 0.1) is 11.2 Å². The highest BCUT2D eigenvalue weighted by molar-refractivity contribution is 6.26. The molecule has 0 N–H and O–H groups in total. The Balaban J connectivity index is 5.86. The Morgan fingerprint density at radius 1 is 0.467 bits per heavy atom. The minimum atomic E-state index is -2.62. The Morgan fingerprint density at radius 3 is 0.767 bits per heavy atom. The highest BCUT2D eigenvalue weighted by Gasteiger charge is 2.43. The van der Waals surface area contributed by atoms with Crippen LogP contribution in [0.25, 0.3) is 0 Å². The molecule has 30 heavy (non-hydrogen) atoms. The van der Waals surface area contributed by atoms with Crippen molar-refractivity contribution in [1.29, 1.82) is 0 Å². The highest BCUT2D eigenvalue weighted by Crippen LogP contribution is 2.38. The Labute approximate surface area is 191 Å². The van der Waals surface area contributed by atoms with Crippen molar-refractivity contribution in [2.24, 2.45) is 35.5 Å². The van der Waals surface area contributed by atoms with E-state index >= 15 is 0 Å². The minimum Gasteiger partial charge on any atom is -0.491 e. The molecule has 0 aromatic carbocycles. The van der Waals surface area contributed by atoms with E-state index in [-0.39, 0.29) is 11.2 Å². The van der Waals surface area contributed by atoms with Crippen LogP contribution in [0.2, 0.25) is 0 Å². The summed E-state index contributed by atoms with van der Waals surface area (Å²) < 4.78 is 26.5. The Hall–Kier alpha value is -0.383. The second-order valence-corrected chi connectivity index (χ2v) is 13.3. The molecule has 180 valence electrons. The topological polar surface area (TPSA) is 35.5 Å². The fourth-order valence-corrected chi connectivity index (χ4v) is 6.84. The molecule has 0 aliphatic rings. The highest BCUT2D eigenvalue weighted by atomic mass is 28.3. The van der Waals surface area contributed by atoms with Crippen LogP contribution in [0.5, 0.6) is 0 Å². The second-order valence-electron chi connectivity index (χ2n) is 12.4. The third kappa shape index (κ3) is 12.5. The van der Waals surface area contributed by atoms with Crippen molar-refractivity contribution in [3.8, 4) is 0 Å². The molecule has 0 radical (unpaired) electrons. The molecule has 0 atom stereocenters. The van der Waals surface area contributed by atoms with E-state index in [1.165, 1.54) is 0 Å². The lowest BCUT2D eigenvalue weighted by Crippen LogP contribution is -2.46. The molecular weight excluding hydrogens is 388 g/mol. The summed E-state index contributed by atoms with van der Waals surface area (Å²) in [5.74, 6) is 2.94. The zero-order chi connectivity index (χ0) is 23.7. The van der Waals surface area contributed by atoms with Gasteiger partial charge in [-0.05, 0) is 74.0 Å². The van der Waals surface area contributed by atoms with Gasteiger partial charge in [0.25, 0.3) is 0 Å². The predicted molar refractivity (Wildman–Crippen MR) is 131 cm³/mol. The summed E-state index contributed by atoms with van der Waals surface area (Å²) >= 11 is 0. The third-order valence-electron chi connectivity index (χ3n) is 5.28. The molecule has 0 unspecified atom stereocenters. The average Bonchev–Trinajstić information content (AvgIpc) is 2.40. The van der Waals surface area contributed by atoms with Crippen molar-refractivity contribution in [1.82, 2.24) is 0 Å². The van der Waals surface area contributed by atoms with Crippen LogP contribution in [0, 0.1) is 35.5 Å². The van der Waals surface area contributed by atoms with Crippen LogP contribution < -0.4 is 0 Å². The largest absolute Gasteiger partial charge is 0.768 e. The van der Waals surface area contributed by atoms with Crippen LogP contribution in [0.1, 0.15) is 122 Å². The first-order chi connectivity index (χ1) is 13.6. The van der Waals surface area contributed by atoms with Crippen molar-refractivity contribution in [3.05, 3.63) is 0 Å². The summed E-state index contributed by atoms with van der Waals surface area (Å²) in [6.07, 6.45) is 5.55. The van der Waals surface area contributed by atoms with Crippen LogP contribution in [0.3, 0.4) is 0 Å². The van der Waals surface area contributed by atoms with E-state index in [0.717, 1.165) is 38.5 Å². The molecule has 4 heteroatoms. The van der Waals surface area contributed by atoms with Gasteiger partial charge in [0.2, 0.25) is 0 Å². The van der Waals surface area contributed by atoms with E-state index in [1.54, 1.807) is 0 Å². The molecule has 0 fully saturated rings. The first kappa shape index (κ1) is 29.6. The van der Waals surface area contributed by atoms with E-state index < -0.39 is 9.17 Å². The third-order valence-corrected chi connectivity index (χ3v) is 6.48. The first-order valence-corrected chi connectivity index (χ1v) is 13.7. The van der Waals surface area contributed by atoms with Gasteiger partial charge in [-0.2, -0.15) is 0 Å². The smallest absolute Gasteiger partial charge is 0.491 e. The van der Waals surface area contributed by atoms with Gasteiger partial charge in [0, 0.05) is 0 Å². The van der Waals surface area contributed by atoms with Gasteiger partial charge in [-0.1, -0.05) is 83.1 Å². The Morgan fingerprint density at radius 2 is 0.633 bits per heavy atom. The summed E-state index contributed by atoms with van der Waals surface area (Å²) in [6.45, 7) is 26.8. The molecule has 0 aromatic heterocycles. The fraction of sp³-hybridized carbons (Fsp3) is 1.00. The Bertz CT molecular complexity index is 386. The van der Waals surface area contributed by atoms with Gasteiger partial charge < -0.3 is 8.85 Å². The molecule has 0 bridgehead atoms. The van der Waals surface area contributed by atoms with Crippen LogP contribution in [0.4, 0.5) is 0 Å². The van der Waals surface area contributed by atoms with Gasteiger partial charge in [0.15, 0.2) is 0 Å². The average molecular weight is 443 g/mol. The summed E-state index contributed by atoms with van der Waals surface area (Å²) in [5.41, 5.74) is -0.739. The maximum Gasteiger partial charge on any atom is 0.768 e. The van der Waals surface area contributed by atoms with E-state index in [0.29, 0.717) is 35.5 Å². The van der Waals surface area contributed by atoms with Crippen LogP contribution in [-0.4, -0.2) is 20.4 Å². The Kier molecular flexibility index (Phi) is 13.1. The van der Waals surface area contributed by atoms with Crippen LogP contribution >= 0.6 is 0 Å². The molecule has 0 heterocycles. The predicted octanol–water partition coefficient (Wildman–Crippen LogP) is 8.19. The first-order valence-electron chi connectivity index (χ1n) is 12.5. The number of rotatable bonds is 16. The molecule has 0 amide bonds. The number of hydrogen-bond donors (Lipinski definition) is 0. The normalized spacial score (nSPS) is 13.4. The molecule has 0 spiro atoms.